The molecule has 160 valence electrons. The van der Waals surface area contributed by atoms with E-state index in [4.69, 9.17) is 4.74 Å². The second-order valence-corrected chi connectivity index (χ2v) is 8.63. The Balaban J connectivity index is 1.36. The lowest BCUT2D eigenvalue weighted by atomic mass is 9.85. The molecule has 2 aromatic carbocycles. The average Bonchev–Trinajstić information content (AvgIpc) is 3.18. The monoisotopic (exact) mass is 417 g/mol. The zero-order chi connectivity index (χ0) is 21.5. The number of aromatic nitrogens is 2. The minimum absolute atomic E-state index is 0.0355. The SMILES string of the molecule is CCc1[nH]nc(C(=O)N2CCC[C@H]([C@@H]3CC(=O)c4c(ccc5ccccc45)O3)C2)c1C. The summed E-state index contributed by atoms with van der Waals surface area (Å²) in [6.45, 7) is 5.30. The molecular weight excluding hydrogens is 390 g/mol. The summed E-state index contributed by atoms with van der Waals surface area (Å²) in [6, 6.07) is 11.8. The van der Waals surface area contributed by atoms with Crippen LogP contribution in [0.25, 0.3) is 10.8 Å². The Morgan fingerprint density at radius 3 is 2.90 bits per heavy atom. The van der Waals surface area contributed by atoms with Gasteiger partial charge < -0.3 is 9.64 Å². The molecule has 0 aliphatic carbocycles. The van der Waals surface area contributed by atoms with Crippen molar-refractivity contribution in [3.63, 3.8) is 0 Å². The number of aryl methyl sites for hydroxylation is 1. The van der Waals surface area contributed by atoms with Crippen molar-refractivity contribution < 1.29 is 14.3 Å². The Hall–Kier alpha value is -3.15. The van der Waals surface area contributed by atoms with Crippen LogP contribution in [0.4, 0.5) is 0 Å². The zero-order valence-corrected chi connectivity index (χ0v) is 18.0. The number of benzene rings is 2. The summed E-state index contributed by atoms with van der Waals surface area (Å²) in [4.78, 5) is 28.1. The van der Waals surface area contributed by atoms with Gasteiger partial charge >= 0.3 is 0 Å². The molecule has 1 saturated heterocycles. The van der Waals surface area contributed by atoms with Crippen molar-refractivity contribution >= 4 is 22.5 Å². The van der Waals surface area contributed by atoms with E-state index in [1.807, 2.05) is 55.1 Å². The maximum Gasteiger partial charge on any atom is 0.274 e. The van der Waals surface area contributed by atoms with E-state index in [1.54, 1.807) is 0 Å². The van der Waals surface area contributed by atoms with Crippen LogP contribution in [-0.4, -0.2) is 46.0 Å². The van der Waals surface area contributed by atoms with E-state index in [0.717, 1.165) is 41.3 Å². The number of Topliss-reactive ketones (excluding diaryl/α,β-unsaturated/α-hetero) is 1. The Labute approximate surface area is 181 Å². The Morgan fingerprint density at radius 2 is 2.10 bits per heavy atom. The van der Waals surface area contributed by atoms with Crippen molar-refractivity contribution in [3.05, 3.63) is 58.9 Å². The second kappa shape index (κ2) is 7.84. The lowest BCUT2D eigenvalue weighted by molar-refractivity contribution is 0.0407. The van der Waals surface area contributed by atoms with Gasteiger partial charge in [0, 0.05) is 36.7 Å². The summed E-state index contributed by atoms with van der Waals surface area (Å²) in [6.07, 6.45) is 2.82. The van der Waals surface area contributed by atoms with Gasteiger partial charge in [0.2, 0.25) is 0 Å². The van der Waals surface area contributed by atoms with E-state index < -0.39 is 0 Å². The highest BCUT2D eigenvalue weighted by atomic mass is 16.5. The molecule has 2 aliphatic rings. The van der Waals surface area contributed by atoms with Gasteiger partial charge in [0.25, 0.3) is 5.91 Å². The molecule has 3 aromatic rings. The smallest absolute Gasteiger partial charge is 0.274 e. The molecule has 5 rings (SSSR count). The van der Waals surface area contributed by atoms with Gasteiger partial charge in [-0.2, -0.15) is 5.10 Å². The number of nitrogens with zero attached hydrogens (tertiary/aromatic N) is 2. The van der Waals surface area contributed by atoms with Crippen LogP contribution < -0.4 is 4.74 Å². The standard InChI is InChI=1S/C25H27N3O3/c1-3-19-15(2)24(27-26-19)25(30)28-12-6-8-17(14-28)22-13-20(29)23-18-9-5-4-7-16(18)10-11-21(23)31-22/h4-5,7,9-11,17,22H,3,6,8,12-14H2,1-2H3,(H,26,27)/t17-,22-/m0/s1. The number of hydrogen-bond donors (Lipinski definition) is 1. The molecule has 2 atom stereocenters. The average molecular weight is 418 g/mol. The highest BCUT2D eigenvalue weighted by Gasteiger charge is 2.37. The van der Waals surface area contributed by atoms with Crippen molar-refractivity contribution in [1.82, 2.24) is 15.1 Å². The summed E-state index contributed by atoms with van der Waals surface area (Å²) in [7, 11) is 0. The van der Waals surface area contributed by atoms with Gasteiger partial charge in [-0.05, 0) is 43.0 Å². The van der Waals surface area contributed by atoms with Crippen LogP contribution in [0, 0.1) is 12.8 Å². The number of ketones is 1. The van der Waals surface area contributed by atoms with E-state index >= 15 is 0 Å². The molecule has 3 heterocycles. The van der Waals surface area contributed by atoms with E-state index in [0.29, 0.717) is 36.5 Å². The number of fused-ring (bicyclic) bond motifs is 3. The van der Waals surface area contributed by atoms with Crippen molar-refractivity contribution in [1.29, 1.82) is 0 Å². The molecule has 2 aliphatic heterocycles. The number of nitrogens with one attached hydrogen (secondary N) is 1. The summed E-state index contributed by atoms with van der Waals surface area (Å²) in [5.41, 5.74) is 3.13. The third-order valence-corrected chi connectivity index (χ3v) is 6.77. The third kappa shape index (κ3) is 3.40. The van der Waals surface area contributed by atoms with Crippen LogP contribution in [0.2, 0.25) is 0 Å². The van der Waals surface area contributed by atoms with Crippen LogP contribution in [0.3, 0.4) is 0 Å². The van der Waals surface area contributed by atoms with Gasteiger partial charge in [-0.1, -0.05) is 37.3 Å². The molecule has 1 fully saturated rings. The van der Waals surface area contributed by atoms with Crippen LogP contribution in [0.1, 0.15) is 58.3 Å². The van der Waals surface area contributed by atoms with E-state index in [-0.39, 0.29) is 23.7 Å². The summed E-state index contributed by atoms with van der Waals surface area (Å²) in [5, 5.41) is 9.25. The minimum atomic E-state index is -0.205. The van der Waals surface area contributed by atoms with Gasteiger partial charge in [0.1, 0.15) is 11.9 Å². The number of carbonyl (C=O) groups is 2. The number of hydrogen-bond acceptors (Lipinski definition) is 4. The molecule has 1 amide bonds. The predicted octanol–water partition coefficient (Wildman–Crippen LogP) is 4.32. The Kier molecular flexibility index (Phi) is 5.00. The Morgan fingerprint density at radius 1 is 1.26 bits per heavy atom. The van der Waals surface area contributed by atoms with Crippen molar-refractivity contribution in [3.8, 4) is 5.75 Å². The van der Waals surface area contributed by atoms with E-state index in [2.05, 4.69) is 10.2 Å². The lowest BCUT2D eigenvalue weighted by Crippen LogP contribution is -2.46. The molecule has 0 bridgehead atoms. The normalized spacial score (nSPS) is 21.1. The molecule has 6 nitrogen and oxygen atoms in total. The highest BCUT2D eigenvalue weighted by Crippen LogP contribution is 2.37. The maximum atomic E-state index is 13.1. The van der Waals surface area contributed by atoms with Gasteiger partial charge in [0.15, 0.2) is 11.5 Å². The fraction of sp³-hybridized carbons (Fsp3) is 0.400. The number of aromatic amines is 1. The molecular formula is C25H27N3O3. The first-order chi connectivity index (χ1) is 15.1. The van der Waals surface area contributed by atoms with Gasteiger partial charge in [-0.25, -0.2) is 0 Å². The third-order valence-electron chi connectivity index (χ3n) is 6.77. The summed E-state index contributed by atoms with van der Waals surface area (Å²) < 4.78 is 6.35. The number of likely N-dealkylation sites (tertiary alicyclic amines) is 1. The molecule has 31 heavy (non-hydrogen) atoms. The van der Waals surface area contributed by atoms with Crippen LogP contribution >= 0.6 is 0 Å². The number of rotatable bonds is 3. The second-order valence-electron chi connectivity index (χ2n) is 8.63. The first-order valence-corrected chi connectivity index (χ1v) is 11.1. The van der Waals surface area contributed by atoms with Gasteiger partial charge in [-0.15, -0.1) is 0 Å². The molecule has 1 N–H and O–H groups in total. The van der Waals surface area contributed by atoms with Crippen molar-refractivity contribution in [2.75, 3.05) is 13.1 Å². The number of H-pyrrole nitrogens is 1. The largest absolute Gasteiger partial charge is 0.489 e. The molecule has 0 saturated carbocycles. The fourth-order valence-electron chi connectivity index (χ4n) is 5.02. The van der Waals surface area contributed by atoms with Crippen LogP contribution in [-0.2, 0) is 6.42 Å². The molecule has 0 spiro atoms. The first-order valence-electron chi connectivity index (χ1n) is 11.1. The summed E-state index contributed by atoms with van der Waals surface area (Å²) in [5.74, 6) is 0.888. The van der Waals surface area contributed by atoms with Crippen molar-refractivity contribution in [2.24, 2.45) is 5.92 Å². The quantitative estimate of drug-likeness (QED) is 0.689. The predicted molar refractivity (Wildman–Crippen MR) is 119 cm³/mol. The number of piperidine rings is 1. The maximum absolute atomic E-state index is 13.1. The number of amides is 1. The minimum Gasteiger partial charge on any atom is -0.489 e. The van der Waals surface area contributed by atoms with Crippen LogP contribution in [0.15, 0.2) is 36.4 Å². The van der Waals surface area contributed by atoms with Crippen molar-refractivity contribution in [2.45, 2.75) is 45.6 Å². The molecule has 0 unspecified atom stereocenters. The summed E-state index contributed by atoms with van der Waals surface area (Å²) >= 11 is 0. The molecule has 0 radical (unpaired) electrons. The highest BCUT2D eigenvalue weighted by molar-refractivity contribution is 6.11. The van der Waals surface area contributed by atoms with Gasteiger partial charge in [-0.3, -0.25) is 14.7 Å². The fourth-order valence-corrected chi connectivity index (χ4v) is 5.02. The lowest BCUT2D eigenvalue weighted by Gasteiger charge is -2.38. The number of carbonyl (C=O) groups excluding carboxylic acids is 2. The van der Waals surface area contributed by atoms with E-state index in [9.17, 15) is 9.59 Å². The first kappa shape index (κ1) is 19.8. The topological polar surface area (TPSA) is 75.3 Å². The molecule has 1 aromatic heterocycles. The van der Waals surface area contributed by atoms with Crippen LogP contribution in [0.5, 0.6) is 5.75 Å². The van der Waals surface area contributed by atoms with Gasteiger partial charge in [0.05, 0.1) is 5.56 Å². The zero-order valence-electron chi connectivity index (χ0n) is 18.0. The molecule has 6 heteroatoms. The number of ether oxygens (including phenoxy) is 1. The Bertz CT molecular complexity index is 1170. The van der Waals surface area contributed by atoms with E-state index in [1.165, 1.54) is 0 Å².